The number of carbonyl (C=O) groups is 2. The van der Waals surface area contributed by atoms with E-state index in [1.807, 2.05) is 0 Å². The van der Waals surface area contributed by atoms with E-state index in [9.17, 15) is 19.7 Å². The van der Waals surface area contributed by atoms with Crippen molar-refractivity contribution in [3.05, 3.63) is 50.8 Å². The predicted octanol–water partition coefficient (Wildman–Crippen LogP) is 4.30. The molecule has 2 aromatic heterocycles. The van der Waals surface area contributed by atoms with Crippen LogP contribution < -0.4 is 0 Å². The van der Waals surface area contributed by atoms with E-state index in [0.29, 0.717) is 37.1 Å². The minimum absolute atomic E-state index is 0.00718. The summed E-state index contributed by atoms with van der Waals surface area (Å²) in [6.07, 6.45) is 0. The number of hydrogen-bond acceptors (Lipinski definition) is 8. The van der Waals surface area contributed by atoms with Gasteiger partial charge in [0.1, 0.15) is 0 Å². The van der Waals surface area contributed by atoms with Crippen molar-refractivity contribution in [2.75, 3.05) is 12.4 Å². The fourth-order valence-corrected chi connectivity index (χ4v) is 4.78. The fourth-order valence-electron chi connectivity index (χ4n) is 2.81. The third kappa shape index (κ3) is 3.92. The number of aryl methyl sites for hydroxylation is 1. The molecular formula is C18H17N3O5S2. The van der Waals surface area contributed by atoms with Gasteiger partial charge in [-0.05, 0) is 32.4 Å². The molecule has 8 nitrogen and oxygen atoms in total. The van der Waals surface area contributed by atoms with Crippen LogP contribution in [0, 0.1) is 24.0 Å². The molecule has 1 N–H and O–H groups in total. The molecular weight excluding hydrogens is 402 g/mol. The first-order valence-electron chi connectivity index (χ1n) is 8.39. The van der Waals surface area contributed by atoms with Crippen molar-refractivity contribution in [2.45, 2.75) is 25.1 Å². The monoisotopic (exact) mass is 419 g/mol. The van der Waals surface area contributed by atoms with Crippen molar-refractivity contribution in [3.8, 4) is 0 Å². The number of ether oxygens (including phenoxy) is 1. The van der Waals surface area contributed by atoms with Gasteiger partial charge in [0, 0.05) is 17.8 Å². The van der Waals surface area contributed by atoms with Crippen LogP contribution in [-0.2, 0) is 4.74 Å². The number of aromatic amines is 1. The molecule has 0 spiro atoms. The third-order valence-corrected chi connectivity index (χ3v) is 6.25. The Morgan fingerprint density at radius 3 is 2.79 bits per heavy atom. The number of nitro benzene ring substituents is 1. The normalized spacial score (nSPS) is 11.0. The van der Waals surface area contributed by atoms with Crippen LogP contribution in [-0.4, -0.2) is 39.0 Å². The topological polar surface area (TPSA) is 115 Å². The van der Waals surface area contributed by atoms with E-state index < -0.39 is 10.9 Å². The highest BCUT2D eigenvalue weighted by atomic mass is 32.2. The number of carbonyl (C=O) groups excluding carboxylic acids is 2. The van der Waals surface area contributed by atoms with Crippen molar-refractivity contribution in [2.24, 2.45) is 0 Å². The highest BCUT2D eigenvalue weighted by Crippen LogP contribution is 2.32. The highest BCUT2D eigenvalue weighted by molar-refractivity contribution is 8.01. The molecule has 0 aliphatic rings. The minimum atomic E-state index is -0.451. The molecule has 0 fully saturated rings. The Hall–Kier alpha value is -2.72. The van der Waals surface area contributed by atoms with E-state index in [1.165, 1.54) is 35.2 Å². The zero-order valence-electron chi connectivity index (χ0n) is 15.4. The van der Waals surface area contributed by atoms with E-state index >= 15 is 0 Å². The summed E-state index contributed by atoms with van der Waals surface area (Å²) >= 11 is 2.56. The molecule has 0 aliphatic heterocycles. The Kier molecular flexibility index (Phi) is 5.80. The molecule has 0 saturated carbocycles. The average Bonchev–Trinajstić information content (AvgIpc) is 3.19. The van der Waals surface area contributed by atoms with Gasteiger partial charge in [0.05, 0.1) is 38.8 Å². The Labute approximate surface area is 168 Å². The molecule has 0 amide bonds. The Bertz CT molecular complexity index is 1090. The summed E-state index contributed by atoms with van der Waals surface area (Å²) in [5.41, 5.74) is 2.60. The molecule has 0 unspecified atom stereocenters. The summed E-state index contributed by atoms with van der Waals surface area (Å²) in [5.74, 6) is -0.482. The van der Waals surface area contributed by atoms with E-state index in [4.69, 9.17) is 4.74 Å². The van der Waals surface area contributed by atoms with Gasteiger partial charge in [-0.1, -0.05) is 11.8 Å². The Morgan fingerprint density at radius 1 is 1.36 bits per heavy atom. The highest BCUT2D eigenvalue weighted by Gasteiger charge is 2.23. The first-order valence-corrected chi connectivity index (χ1v) is 10.2. The van der Waals surface area contributed by atoms with Gasteiger partial charge < -0.3 is 9.72 Å². The lowest BCUT2D eigenvalue weighted by Crippen LogP contribution is -2.08. The molecule has 2 heterocycles. The molecule has 3 rings (SSSR count). The summed E-state index contributed by atoms with van der Waals surface area (Å²) in [6.45, 7) is 5.43. The second-order valence-electron chi connectivity index (χ2n) is 5.95. The van der Waals surface area contributed by atoms with Crippen LogP contribution in [0.25, 0.3) is 10.2 Å². The number of aromatic nitrogens is 2. The van der Waals surface area contributed by atoms with Crippen molar-refractivity contribution >= 4 is 50.8 Å². The lowest BCUT2D eigenvalue weighted by molar-refractivity contribution is -0.384. The number of thiazole rings is 1. The molecule has 0 radical (unpaired) electrons. The van der Waals surface area contributed by atoms with Crippen LogP contribution in [0.3, 0.4) is 0 Å². The number of benzene rings is 1. The zero-order valence-corrected chi connectivity index (χ0v) is 17.0. The van der Waals surface area contributed by atoms with Crippen molar-refractivity contribution < 1.29 is 19.2 Å². The van der Waals surface area contributed by atoms with Gasteiger partial charge in [0.15, 0.2) is 10.1 Å². The van der Waals surface area contributed by atoms with Crippen LogP contribution in [0.5, 0.6) is 0 Å². The molecule has 3 aromatic rings. The SMILES string of the molecule is CCOC(=O)c1c(C)[nH]c(C(=O)CSc2nc3ccc([N+](=O)[O-])cc3s2)c1C. The smallest absolute Gasteiger partial charge is 0.340 e. The van der Waals surface area contributed by atoms with Crippen LogP contribution >= 0.6 is 23.1 Å². The van der Waals surface area contributed by atoms with E-state index in [-0.39, 0.29) is 23.8 Å². The van der Waals surface area contributed by atoms with Gasteiger partial charge >= 0.3 is 5.97 Å². The number of ketones is 1. The van der Waals surface area contributed by atoms with E-state index in [2.05, 4.69) is 9.97 Å². The molecule has 0 saturated heterocycles. The van der Waals surface area contributed by atoms with Crippen LogP contribution in [0.2, 0.25) is 0 Å². The fraction of sp³-hybridized carbons (Fsp3) is 0.278. The quantitative estimate of drug-likeness (QED) is 0.199. The largest absolute Gasteiger partial charge is 0.462 e. The summed E-state index contributed by atoms with van der Waals surface area (Å²) in [4.78, 5) is 42.5. The average molecular weight is 419 g/mol. The van der Waals surface area contributed by atoms with Crippen molar-refractivity contribution in [1.29, 1.82) is 0 Å². The van der Waals surface area contributed by atoms with Gasteiger partial charge in [0.25, 0.3) is 5.69 Å². The van der Waals surface area contributed by atoms with Gasteiger partial charge in [-0.15, -0.1) is 11.3 Å². The predicted molar refractivity (Wildman–Crippen MR) is 108 cm³/mol. The van der Waals surface area contributed by atoms with Gasteiger partial charge in [0.2, 0.25) is 0 Å². The summed E-state index contributed by atoms with van der Waals surface area (Å²) in [6, 6.07) is 4.48. The number of H-pyrrole nitrogens is 1. The number of nitrogens with zero attached hydrogens (tertiary/aromatic N) is 2. The molecule has 146 valence electrons. The van der Waals surface area contributed by atoms with Crippen LogP contribution in [0.15, 0.2) is 22.5 Å². The number of rotatable bonds is 7. The molecule has 1 aromatic carbocycles. The van der Waals surface area contributed by atoms with Gasteiger partial charge in [-0.2, -0.15) is 0 Å². The second kappa shape index (κ2) is 8.11. The minimum Gasteiger partial charge on any atom is -0.462 e. The standard InChI is InChI=1S/C18H17N3O5S2/c1-4-26-17(23)15-9(2)16(19-10(15)3)13(22)8-27-18-20-12-6-5-11(21(24)25)7-14(12)28-18/h5-7,19H,4,8H2,1-3H3. The second-order valence-corrected chi connectivity index (χ2v) is 8.20. The van der Waals surface area contributed by atoms with E-state index in [0.717, 1.165) is 0 Å². The zero-order chi connectivity index (χ0) is 20.4. The number of nitrogens with one attached hydrogen (secondary N) is 1. The summed E-state index contributed by atoms with van der Waals surface area (Å²) in [7, 11) is 0. The molecule has 0 bridgehead atoms. The number of fused-ring (bicyclic) bond motifs is 1. The van der Waals surface area contributed by atoms with Crippen molar-refractivity contribution in [1.82, 2.24) is 9.97 Å². The lowest BCUT2D eigenvalue weighted by atomic mass is 10.1. The number of thioether (sulfide) groups is 1. The number of non-ortho nitro benzene ring substituents is 1. The first-order chi connectivity index (χ1) is 13.3. The number of nitro groups is 1. The molecule has 0 atom stereocenters. The van der Waals surface area contributed by atoms with E-state index in [1.54, 1.807) is 26.8 Å². The Morgan fingerprint density at radius 2 is 2.11 bits per heavy atom. The number of esters is 1. The maximum Gasteiger partial charge on any atom is 0.340 e. The van der Waals surface area contributed by atoms with Crippen LogP contribution in [0.1, 0.15) is 39.0 Å². The molecule has 0 aliphatic carbocycles. The first kappa shape index (κ1) is 20.0. The van der Waals surface area contributed by atoms with Gasteiger partial charge in [-0.25, -0.2) is 9.78 Å². The van der Waals surface area contributed by atoms with Gasteiger partial charge in [-0.3, -0.25) is 14.9 Å². The summed E-state index contributed by atoms with van der Waals surface area (Å²) in [5, 5.41) is 10.9. The molecule has 10 heteroatoms. The maximum atomic E-state index is 12.6. The maximum absolute atomic E-state index is 12.6. The molecule has 28 heavy (non-hydrogen) atoms. The number of hydrogen-bond donors (Lipinski definition) is 1. The van der Waals surface area contributed by atoms with Crippen LogP contribution in [0.4, 0.5) is 5.69 Å². The lowest BCUT2D eigenvalue weighted by Gasteiger charge is -2.02. The summed E-state index contributed by atoms with van der Waals surface area (Å²) < 4.78 is 6.38. The third-order valence-electron chi connectivity index (χ3n) is 4.09. The Balaban J connectivity index is 1.75. The van der Waals surface area contributed by atoms with Crippen molar-refractivity contribution in [3.63, 3.8) is 0 Å². The number of Topliss-reactive ketones (excluding diaryl/α,β-unsaturated/α-hetero) is 1.